The fourth-order valence-corrected chi connectivity index (χ4v) is 0.998. The topological polar surface area (TPSA) is 78.2 Å². The van der Waals surface area contributed by atoms with Crippen LogP contribution in [0.15, 0.2) is 11.1 Å². The monoisotopic (exact) mass is 248 g/mol. The molecular weight excluding hydrogens is 236 g/mol. The lowest BCUT2D eigenvalue weighted by Crippen LogP contribution is -2.49. The number of aromatic nitrogens is 3. The minimum Gasteiger partial charge on any atom is -0.411 e. The Bertz CT molecular complexity index is 437. The molecule has 7 nitrogen and oxygen atoms in total. The van der Waals surface area contributed by atoms with Crippen LogP contribution in [0.1, 0.15) is 13.8 Å². The van der Waals surface area contributed by atoms with E-state index in [2.05, 4.69) is 15.3 Å². The molecule has 0 unspecified atom stereocenters. The van der Waals surface area contributed by atoms with Crippen molar-refractivity contribution < 1.29 is 9.63 Å². The van der Waals surface area contributed by atoms with Crippen LogP contribution < -0.4 is 15.8 Å². The molecule has 0 fully saturated rings. The number of nitrogens with one attached hydrogen (secondary N) is 1. The van der Waals surface area contributed by atoms with Gasteiger partial charge in [-0.15, -0.1) is 26.1 Å². The second kappa shape index (κ2) is 4.56. The highest BCUT2D eigenvalue weighted by Crippen LogP contribution is 2.03. The van der Waals surface area contributed by atoms with Crippen molar-refractivity contribution in [3.63, 3.8) is 0 Å². The Morgan fingerprint density at radius 1 is 1.69 bits per heavy atom. The number of hydrogen-bond donors (Lipinski definition) is 1. The molecule has 8 heteroatoms. The molecule has 90 valence electrons. The van der Waals surface area contributed by atoms with Gasteiger partial charge in [0.1, 0.15) is 7.11 Å². The van der Waals surface area contributed by atoms with Crippen LogP contribution in [-0.4, -0.2) is 39.1 Å². The van der Waals surface area contributed by atoms with Crippen molar-refractivity contribution in [3.05, 3.63) is 16.8 Å². The second-order valence-corrected chi connectivity index (χ2v) is 4.05. The van der Waals surface area contributed by atoms with Gasteiger partial charge in [0, 0.05) is 11.4 Å². The van der Waals surface area contributed by atoms with E-state index in [0.717, 1.165) is 11.1 Å². The van der Waals surface area contributed by atoms with E-state index in [9.17, 15) is 9.59 Å². The van der Waals surface area contributed by atoms with Crippen molar-refractivity contribution in [2.45, 2.75) is 19.4 Å². The summed E-state index contributed by atoms with van der Waals surface area (Å²) in [6.45, 7) is 3.46. The molecule has 0 aliphatic rings. The Morgan fingerprint density at radius 3 is 2.75 bits per heavy atom. The summed E-state index contributed by atoms with van der Waals surface area (Å²) < 4.78 is 1.51. The summed E-state index contributed by atoms with van der Waals surface area (Å²) in [5.74, 6) is 0.221. The first kappa shape index (κ1) is 12.6. The van der Waals surface area contributed by atoms with Crippen LogP contribution in [0.4, 0.5) is 4.79 Å². The summed E-state index contributed by atoms with van der Waals surface area (Å²) in [5.41, 5.74) is -1.29. The third-order valence-corrected chi connectivity index (χ3v) is 2.48. The number of alkyl halides is 1. The smallest absolute Gasteiger partial charge is 0.387 e. The Balaban J connectivity index is 2.90. The molecule has 0 aromatic carbocycles. The average Bonchev–Trinajstić information content (AvgIpc) is 2.59. The molecule has 1 rings (SSSR count). The molecule has 0 saturated heterocycles. The first-order valence-corrected chi connectivity index (χ1v) is 5.04. The molecule has 0 aliphatic carbocycles. The number of nitrogens with zero attached hydrogens (tertiary/aromatic N) is 3. The zero-order chi connectivity index (χ0) is 12.3. The first-order chi connectivity index (χ1) is 7.41. The van der Waals surface area contributed by atoms with Gasteiger partial charge < -0.3 is 10.2 Å². The van der Waals surface area contributed by atoms with Crippen molar-refractivity contribution in [1.29, 1.82) is 0 Å². The number of amides is 1. The molecule has 1 aromatic rings. The quantitative estimate of drug-likeness (QED) is 0.744. The van der Waals surface area contributed by atoms with E-state index < -0.39 is 17.3 Å². The summed E-state index contributed by atoms with van der Waals surface area (Å²) >= 11 is 5.64. The first-order valence-electron chi connectivity index (χ1n) is 4.51. The average molecular weight is 249 g/mol. The van der Waals surface area contributed by atoms with Crippen molar-refractivity contribution in [2.24, 2.45) is 0 Å². The molecule has 1 heterocycles. The standard InChI is InChI=1S/C8H13ClN4O3/c1-8(2,4-9)11-6(14)13-7(15)12(16-3)5-10-13/h5H,4H2,1-3H3,(H,11,14). The van der Waals surface area contributed by atoms with Gasteiger partial charge in [-0.3, -0.25) is 0 Å². The molecule has 1 aromatic heterocycles. The Labute approximate surface area is 96.9 Å². The third kappa shape index (κ3) is 2.54. The van der Waals surface area contributed by atoms with E-state index in [0.29, 0.717) is 4.68 Å². The minimum atomic E-state index is -0.676. The van der Waals surface area contributed by atoms with Crippen LogP contribution in [0.25, 0.3) is 0 Å². The summed E-state index contributed by atoms with van der Waals surface area (Å²) in [4.78, 5) is 27.7. The van der Waals surface area contributed by atoms with Gasteiger partial charge in [-0.05, 0) is 13.8 Å². The van der Waals surface area contributed by atoms with Crippen LogP contribution in [0.3, 0.4) is 0 Å². The molecule has 0 bridgehead atoms. The second-order valence-electron chi connectivity index (χ2n) is 3.78. The molecular formula is C8H13ClN4O3. The summed E-state index contributed by atoms with van der Waals surface area (Å²) in [7, 11) is 1.30. The number of carbonyl (C=O) groups excluding carboxylic acids is 1. The van der Waals surface area contributed by atoms with Crippen molar-refractivity contribution >= 4 is 17.6 Å². The van der Waals surface area contributed by atoms with Gasteiger partial charge in [0.2, 0.25) is 0 Å². The molecule has 0 aliphatic heterocycles. The molecule has 0 spiro atoms. The van der Waals surface area contributed by atoms with Gasteiger partial charge >= 0.3 is 11.7 Å². The fraction of sp³-hybridized carbons (Fsp3) is 0.625. The highest BCUT2D eigenvalue weighted by Gasteiger charge is 2.22. The molecule has 1 amide bonds. The van der Waals surface area contributed by atoms with Gasteiger partial charge in [0.05, 0.1) is 0 Å². The lowest BCUT2D eigenvalue weighted by atomic mass is 10.1. The van der Waals surface area contributed by atoms with Crippen molar-refractivity contribution in [1.82, 2.24) is 19.8 Å². The molecule has 0 saturated carbocycles. The number of hydrogen-bond acceptors (Lipinski definition) is 4. The third-order valence-electron chi connectivity index (χ3n) is 1.81. The van der Waals surface area contributed by atoms with E-state index in [1.807, 2.05) is 0 Å². The predicted molar refractivity (Wildman–Crippen MR) is 57.7 cm³/mol. The van der Waals surface area contributed by atoms with E-state index in [1.165, 1.54) is 7.11 Å². The predicted octanol–water partition coefficient (Wildman–Crippen LogP) is -0.322. The van der Waals surface area contributed by atoms with E-state index >= 15 is 0 Å². The summed E-state index contributed by atoms with van der Waals surface area (Å²) in [5, 5.41) is 6.15. The normalized spacial score (nSPS) is 11.2. The fourth-order valence-electron chi connectivity index (χ4n) is 0.931. The lowest BCUT2D eigenvalue weighted by Gasteiger charge is -2.22. The largest absolute Gasteiger partial charge is 0.411 e. The van der Waals surface area contributed by atoms with Crippen molar-refractivity contribution in [2.75, 3.05) is 13.0 Å². The summed E-state index contributed by atoms with van der Waals surface area (Å²) in [6.07, 6.45) is 1.11. The van der Waals surface area contributed by atoms with Crippen LogP contribution in [0.2, 0.25) is 0 Å². The van der Waals surface area contributed by atoms with E-state index in [1.54, 1.807) is 13.8 Å². The van der Waals surface area contributed by atoms with Crippen LogP contribution in [-0.2, 0) is 0 Å². The van der Waals surface area contributed by atoms with Crippen LogP contribution in [0, 0.1) is 0 Å². The maximum Gasteiger partial charge on any atom is 0.387 e. The maximum absolute atomic E-state index is 11.6. The van der Waals surface area contributed by atoms with Gasteiger partial charge in [-0.1, -0.05) is 0 Å². The Kier molecular flexibility index (Phi) is 3.58. The molecule has 16 heavy (non-hydrogen) atoms. The van der Waals surface area contributed by atoms with Gasteiger partial charge in [0.25, 0.3) is 0 Å². The number of rotatable bonds is 3. The molecule has 0 atom stereocenters. The minimum absolute atomic E-state index is 0.221. The lowest BCUT2D eigenvalue weighted by molar-refractivity contribution is 0.155. The summed E-state index contributed by atoms with van der Waals surface area (Å²) in [6, 6.07) is -0.647. The Hall–Kier alpha value is -1.50. The maximum atomic E-state index is 11.6. The van der Waals surface area contributed by atoms with Gasteiger partial charge in [-0.25, -0.2) is 9.59 Å². The van der Waals surface area contributed by atoms with Gasteiger partial charge in [-0.2, -0.15) is 0 Å². The zero-order valence-electron chi connectivity index (χ0n) is 9.23. The van der Waals surface area contributed by atoms with Gasteiger partial charge in [0.15, 0.2) is 6.33 Å². The van der Waals surface area contributed by atoms with Crippen molar-refractivity contribution in [3.8, 4) is 0 Å². The van der Waals surface area contributed by atoms with E-state index in [4.69, 9.17) is 11.6 Å². The number of halogens is 1. The number of carbonyl (C=O) groups is 1. The van der Waals surface area contributed by atoms with E-state index in [-0.39, 0.29) is 5.88 Å². The van der Waals surface area contributed by atoms with Crippen LogP contribution in [0.5, 0.6) is 0 Å². The Morgan fingerprint density at radius 2 is 2.31 bits per heavy atom. The molecule has 1 N–H and O–H groups in total. The highest BCUT2D eigenvalue weighted by atomic mass is 35.5. The highest BCUT2D eigenvalue weighted by molar-refractivity contribution is 6.18. The molecule has 0 radical (unpaired) electrons. The SMILES string of the molecule is COn1cnn(C(=O)NC(C)(C)CCl)c1=O. The van der Waals surface area contributed by atoms with Crippen LogP contribution >= 0.6 is 11.6 Å². The zero-order valence-corrected chi connectivity index (χ0v) is 9.98.